The maximum Gasteiger partial charge on any atom is 0.243 e. The third-order valence-electron chi connectivity index (χ3n) is 5.15. The molecule has 0 radical (unpaired) electrons. The second kappa shape index (κ2) is 5.22. The molecule has 3 aliphatic rings. The van der Waals surface area contributed by atoms with E-state index in [1.807, 2.05) is 6.92 Å². The molecule has 3 heterocycles. The van der Waals surface area contributed by atoms with Crippen LogP contribution in [0.5, 0.6) is 5.75 Å². The first-order valence-electron chi connectivity index (χ1n) is 8.07. The second-order valence-electron chi connectivity index (χ2n) is 6.58. The number of hydrogen-bond acceptors (Lipinski definition) is 4. The molecule has 3 aliphatic heterocycles. The minimum absolute atomic E-state index is 0.0313. The van der Waals surface area contributed by atoms with Gasteiger partial charge in [-0.15, -0.1) is 0 Å². The molecule has 0 aliphatic carbocycles. The second-order valence-corrected chi connectivity index (χ2v) is 8.47. The first kappa shape index (κ1) is 14.5. The number of piperazine rings is 1. The van der Waals surface area contributed by atoms with E-state index >= 15 is 0 Å². The highest BCUT2D eigenvalue weighted by Gasteiger charge is 2.40. The van der Waals surface area contributed by atoms with Gasteiger partial charge >= 0.3 is 0 Å². The van der Waals surface area contributed by atoms with E-state index in [2.05, 4.69) is 4.90 Å². The van der Waals surface area contributed by atoms with Crippen molar-refractivity contribution >= 4 is 10.0 Å². The van der Waals surface area contributed by atoms with Crippen LogP contribution in [0.3, 0.4) is 0 Å². The number of hydrogen-bond donors (Lipinski definition) is 0. The van der Waals surface area contributed by atoms with E-state index in [0.29, 0.717) is 24.1 Å². The number of fused-ring (bicyclic) bond motifs is 2. The molecule has 120 valence electrons. The highest BCUT2D eigenvalue weighted by molar-refractivity contribution is 7.89. The van der Waals surface area contributed by atoms with Crippen LogP contribution in [0.2, 0.25) is 0 Å². The van der Waals surface area contributed by atoms with Crippen LogP contribution in [-0.2, 0) is 16.4 Å². The van der Waals surface area contributed by atoms with Crippen molar-refractivity contribution in [3.63, 3.8) is 0 Å². The zero-order chi connectivity index (χ0) is 15.3. The lowest BCUT2D eigenvalue weighted by Crippen LogP contribution is -2.56. The molecule has 1 aromatic rings. The van der Waals surface area contributed by atoms with Crippen molar-refractivity contribution < 1.29 is 13.2 Å². The minimum atomic E-state index is -3.42. The topological polar surface area (TPSA) is 49.9 Å². The Morgan fingerprint density at radius 2 is 2.14 bits per heavy atom. The molecule has 6 heteroatoms. The normalized spacial score (nSPS) is 29.1. The van der Waals surface area contributed by atoms with Crippen LogP contribution in [0.4, 0.5) is 0 Å². The number of benzene rings is 1. The quantitative estimate of drug-likeness (QED) is 0.827. The Kier molecular flexibility index (Phi) is 3.43. The molecule has 0 aromatic heterocycles. The molecular weight excluding hydrogens is 300 g/mol. The first-order chi connectivity index (χ1) is 10.6. The van der Waals surface area contributed by atoms with Crippen molar-refractivity contribution in [3.8, 4) is 5.75 Å². The van der Waals surface area contributed by atoms with Crippen LogP contribution in [0.15, 0.2) is 23.1 Å². The minimum Gasteiger partial charge on any atom is -0.493 e. The highest BCUT2D eigenvalue weighted by atomic mass is 32.2. The van der Waals surface area contributed by atoms with Crippen molar-refractivity contribution in [1.29, 1.82) is 0 Å². The van der Waals surface area contributed by atoms with E-state index in [9.17, 15) is 8.42 Å². The summed E-state index contributed by atoms with van der Waals surface area (Å²) in [4.78, 5) is 2.85. The highest BCUT2D eigenvalue weighted by Crippen LogP contribution is 2.32. The van der Waals surface area contributed by atoms with Crippen molar-refractivity contribution in [1.82, 2.24) is 9.21 Å². The van der Waals surface area contributed by atoms with Gasteiger partial charge in [0.25, 0.3) is 0 Å². The number of ether oxygens (including phenoxy) is 1. The molecule has 0 N–H and O–H groups in total. The Morgan fingerprint density at radius 1 is 1.27 bits per heavy atom. The van der Waals surface area contributed by atoms with E-state index in [1.165, 1.54) is 6.42 Å². The Hall–Kier alpha value is -1.11. The molecule has 0 amide bonds. The molecule has 0 unspecified atom stereocenters. The maximum absolute atomic E-state index is 13.1. The Morgan fingerprint density at radius 3 is 3.00 bits per heavy atom. The summed E-state index contributed by atoms with van der Waals surface area (Å²) in [6.45, 7) is 5.24. The number of nitrogens with zero attached hydrogens (tertiary/aromatic N) is 2. The summed E-state index contributed by atoms with van der Waals surface area (Å²) in [6.07, 6.45) is 3.09. The summed E-state index contributed by atoms with van der Waals surface area (Å²) >= 11 is 0. The third kappa shape index (κ3) is 2.25. The van der Waals surface area contributed by atoms with Gasteiger partial charge in [-0.2, -0.15) is 4.31 Å². The van der Waals surface area contributed by atoms with E-state index in [4.69, 9.17) is 4.74 Å². The lowest BCUT2D eigenvalue weighted by molar-refractivity contribution is 0.117. The molecule has 0 bridgehead atoms. The summed E-state index contributed by atoms with van der Waals surface area (Å²) in [5.74, 6) is 0.826. The fraction of sp³-hybridized carbons (Fsp3) is 0.625. The van der Waals surface area contributed by atoms with E-state index < -0.39 is 10.0 Å². The fourth-order valence-electron chi connectivity index (χ4n) is 3.95. The van der Waals surface area contributed by atoms with Gasteiger partial charge in [-0.25, -0.2) is 8.42 Å². The van der Waals surface area contributed by atoms with Crippen LogP contribution in [0.25, 0.3) is 0 Å². The van der Waals surface area contributed by atoms with E-state index in [1.54, 1.807) is 22.5 Å². The lowest BCUT2D eigenvalue weighted by atomic mass is 10.1. The zero-order valence-corrected chi connectivity index (χ0v) is 13.7. The third-order valence-corrected chi connectivity index (χ3v) is 7.12. The van der Waals surface area contributed by atoms with Gasteiger partial charge < -0.3 is 4.74 Å². The van der Waals surface area contributed by atoms with Crippen LogP contribution in [-0.4, -0.2) is 55.9 Å². The molecule has 4 rings (SSSR count). The van der Waals surface area contributed by atoms with Gasteiger partial charge in [0.05, 0.1) is 11.5 Å². The summed E-state index contributed by atoms with van der Waals surface area (Å²) in [7, 11) is -3.42. The van der Waals surface area contributed by atoms with Crippen molar-refractivity contribution in [2.24, 2.45) is 0 Å². The van der Waals surface area contributed by atoms with Crippen LogP contribution in [0, 0.1) is 0 Å². The van der Waals surface area contributed by atoms with Gasteiger partial charge in [0, 0.05) is 31.6 Å². The zero-order valence-electron chi connectivity index (χ0n) is 12.9. The average Bonchev–Trinajstić information content (AvgIpc) is 3.13. The molecule has 0 spiro atoms. The summed E-state index contributed by atoms with van der Waals surface area (Å²) in [6, 6.07) is 5.71. The molecule has 1 aromatic carbocycles. The standard InChI is InChI=1S/C16H22N2O3S/c1-12-10-17-7-2-3-14(17)11-18(12)22(19,20)15-4-5-16-13(9-15)6-8-21-16/h4-5,9,12,14H,2-3,6-8,10-11H2,1H3/t12-,14+/m0/s1. The van der Waals surface area contributed by atoms with Crippen molar-refractivity contribution in [2.75, 3.05) is 26.2 Å². The van der Waals surface area contributed by atoms with Crippen LogP contribution < -0.4 is 4.74 Å². The molecule has 2 atom stereocenters. The summed E-state index contributed by atoms with van der Waals surface area (Å²) in [5, 5.41) is 0. The monoisotopic (exact) mass is 322 g/mol. The van der Waals surface area contributed by atoms with Crippen molar-refractivity contribution in [3.05, 3.63) is 23.8 Å². The molecule has 2 fully saturated rings. The molecular formula is C16H22N2O3S. The summed E-state index contributed by atoms with van der Waals surface area (Å²) < 4.78 is 33.3. The molecule has 0 saturated carbocycles. The van der Waals surface area contributed by atoms with E-state index in [0.717, 1.165) is 37.2 Å². The van der Waals surface area contributed by atoms with Gasteiger partial charge in [-0.3, -0.25) is 4.90 Å². The SMILES string of the molecule is C[C@H]1CN2CCC[C@@H]2CN1S(=O)(=O)c1ccc2c(c1)CCO2. The Bertz CT molecular complexity index is 689. The molecule has 5 nitrogen and oxygen atoms in total. The van der Waals surface area contributed by atoms with Crippen LogP contribution >= 0.6 is 0 Å². The Balaban J connectivity index is 1.65. The maximum atomic E-state index is 13.1. The van der Waals surface area contributed by atoms with E-state index in [-0.39, 0.29) is 6.04 Å². The Labute approximate surface area is 131 Å². The number of rotatable bonds is 2. The van der Waals surface area contributed by atoms with Crippen molar-refractivity contribution in [2.45, 2.75) is 43.2 Å². The largest absolute Gasteiger partial charge is 0.493 e. The van der Waals surface area contributed by atoms with Gasteiger partial charge in [-0.1, -0.05) is 0 Å². The smallest absolute Gasteiger partial charge is 0.243 e. The first-order valence-corrected chi connectivity index (χ1v) is 9.51. The lowest BCUT2D eigenvalue weighted by Gasteiger charge is -2.41. The van der Waals surface area contributed by atoms with Gasteiger partial charge in [0.2, 0.25) is 10.0 Å². The molecule has 2 saturated heterocycles. The predicted octanol–water partition coefficient (Wildman–Crippen LogP) is 1.48. The van der Waals surface area contributed by atoms with Gasteiger partial charge in [-0.05, 0) is 50.1 Å². The average molecular weight is 322 g/mol. The summed E-state index contributed by atoms with van der Waals surface area (Å²) in [5.41, 5.74) is 1.01. The van der Waals surface area contributed by atoms with Gasteiger partial charge in [0.1, 0.15) is 5.75 Å². The number of sulfonamides is 1. The fourth-order valence-corrected chi connectivity index (χ4v) is 5.66. The van der Waals surface area contributed by atoms with Crippen LogP contribution in [0.1, 0.15) is 25.3 Å². The molecule has 22 heavy (non-hydrogen) atoms. The predicted molar refractivity (Wildman–Crippen MR) is 83.6 cm³/mol. The van der Waals surface area contributed by atoms with Gasteiger partial charge in [0.15, 0.2) is 0 Å².